The highest BCUT2D eigenvalue weighted by Gasteiger charge is 2.23. The fourth-order valence-corrected chi connectivity index (χ4v) is 2.88. The molecule has 2 aliphatic rings. The zero-order chi connectivity index (χ0) is 14.9. The summed E-state index contributed by atoms with van der Waals surface area (Å²) >= 11 is 0. The molecule has 6 heteroatoms. The van der Waals surface area contributed by atoms with Crippen molar-refractivity contribution in [2.24, 2.45) is 4.99 Å². The molecule has 1 atom stereocenters. The van der Waals surface area contributed by atoms with Gasteiger partial charge in [-0.25, -0.2) is 0 Å². The van der Waals surface area contributed by atoms with Gasteiger partial charge in [-0.15, -0.1) is 30.4 Å². The lowest BCUT2D eigenvalue weighted by molar-refractivity contribution is -0.0721. The Bertz CT molecular complexity index is 370. The summed E-state index contributed by atoms with van der Waals surface area (Å²) in [5.74, 6) is 3.47. The summed E-state index contributed by atoms with van der Waals surface area (Å²) in [6, 6.07) is 0. The summed E-state index contributed by atoms with van der Waals surface area (Å²) in [4.78, 5) is 6.51. The summed E-state index contributed by atoms with van der Waals surface area (Å²) in [6.45, 7) is 4.07. The second-order valence-electron chi connectivity index (χ2n) is 5.61. The molecule has 0 radical (unpaired) electrons. The van der Waals surface area contributed by atoms with Crippen LogP contribution < -0.4 is 5.32 Å². The summed E-state index contributed by atoms with van der Waals surface area (Å²) in [5.41, 5.74) is 0. The highest BCUT2D eigenvalue weighted by atomic mass is 127. The van der Waals surface area contributed by atoms with E-state index in [9.17, 15) is 0 Å². The lowest BCUT2D eigenvalue weighted by Gasteiger charge is -2.34. The maximum atomic E-state index is 6.02. The van der Waals surface area contributed by atoms with E-state index in [1.165, 1.54) is 12.8 Å². The zero-order valence-electron chi connectivity index (χ0n) is 13.4. The molecule has 0 aliphatic carbocycles. The van der Waals surface area contributed by atoms with Gasteiger partial charge in [-0.2, -0.15) is 0 Å². The number of likely N-dealkylation sites (tertiary alicyclic amines) is 1. The van der Waals surface area contributed by atoms with Gasteiger partial charge >= 0.3 is 0 Å². The minimum atomic E-state index is 0. The highest BCUT2D eigenvalue weighted by molar-refractivity contribution is 14.0. The van der Waals surface area contributed by atoms with Crippen LogP contribution in [0, 0.1) is 12.3 Å². The molecule has 5 nitrogen and oxygen atoms in total. The van der Waals surface area contributed by atoms with Crippen LogP contribution in [0.5, 0.6) is 0 Å². The van der Waals surface area contributed by atoms with Crippen LogP contribution in [0.3, 0.4) is 0 Å². The monoisotopic (exact) mass is 421 g/mol. The molecular weight excluding hydrogens is 393 g/mol. The molecule has 2 rings (SSSR count). The lowest BCUT2D eigenvalue weighted by atomic mass is 10.1. The van der Waals surface area contributed by atoms with E-state index in [1.54, 1.807) is 7.05 Å². The third kappa shape index (κ3) is 6.31. The van der Waals surface area contributed by atoms with Crippen molar-refractivity contribution in [3.05, 3.63) is 0 Å². The molecule has 1 unspecified atom stereocenters. The minimum Gasteiger partial charge on any atom is -0.376 e. The van der Waals surface area contributed by atoms with E-state index < -0.39 is 0 Å². The second kappa shape index (κ2) is 11.1. The average Bonchev–Trinajstić information content (AvgIpc) is 2.56. The van der Waals surface area contributed by atoms with Crippen molar-refractivity contribution in [2.75, 3.05) is 39.9 Å². The molecule has 2 saturated heterocycles. The van der Waals surface area contributed by atoms with Crippen molar-refractivity contribution in [2.45, 2.75) is 44.3 Å². The quantitative estimate of drug-likeness (QED) is 0.326. The molecule has 0 bridgehead atoms. The number of piperidine rings is 1. The van der Waals surface area contributed by atoms with Crippen molar-refractivity contribution in [3.8, 4) is 12.3 Å². The first-order valence-electron chi connectivity index (χ1n) is 7.95. The second-order valence-corrected chi connectivity index (χ2v) is 5.61. The molecule has 0 aromatic heterocycles. The lowest BCUT2D eigenvalue weighted by Crippen LogP contribution is -2.47. The predicted molar refractivity (Wildman–Crippen MR) is 99.7 cm³/mol. The fraction of sp³-hybridized carbons (Fsp3) is 0.812. The number of guanidine groups is 1. The molecule has 0 amide bonds. The summed E-state index contributed by atoms with van der Waals surface area (Å²) in [5, 5.41) is 3.17. The SMILES string of the molecule is C#CCNC(=NC)N1CCC(OCC2CCCCO2)CC1.I. The molecule has 126 valence electrons. The topological polar surface area (TPSA) is 46.1 Å². The first kappa shape index (κ1) is 19.5. The van der Waals surface area contributed by atoms with E-state index in [0.29, 0.717) is 18.8 Å². The summed E-state index contributed by atoms with van der Waals surface area (Å²) in [7, 11) is 1.79. The van der Waals surface area contributed by atoms with Gasteiger partial charge in [0.15, 0.2) is 5.96 Å². The van der Waals surface area contributed by atoms with Crippen LogP contribution in [0.2, 0.25) is 0 Å². The maximum absolute atomic E-state index is 6.02. The zero-order valence-corrected chi connectivity index (χ0v) is 15.8. The van der Waals surface area contributed by atoms with Crippen molar-refractivity contribution in [1.82, 2.24) is 10.2 Å². The number of halogens is 1. The fourth-order valence-electron chi connectivity index (χ4n) is 2.88. The number of aliphatic imine (C=N–C) groups is 1. The predicted octanol–water partition coefficient (Wildman–Crippen LogP) is 1.86. The van der Waals surface area contributed by atoms with Gasteiger partial charge in [0.1, 0.15) is 0 Å². The van der Waals surface area contributed by atoms with Crippen LogP contribution >= 0.6 is 24.0 Å². The van der Waals surface area contributed by atoms with E-state index in [0.717, 1.165) is 51.5 Å². The number of terminal acetylenes is 1. The van der Waals surface area contributed by atoms with Crippen molar-refractivity contribution in [1.29, 1.82) is 0 Å². The first-order valence-corrected chi connectivity index (χ1v) is 7.95. The van der Waals surface area contributed by atoms with Crippen LogP contribution in [-0.4, -0.2) is 63.0 Å². The molecule has 2 fully saturated rings. The van der Waals surface area contributed by atoms with Gasteiger partial charge in [-0.1, -0.05) is 5.92 Å². The number of nitrogens with zero attached hydrogens (tertiary/aromatic N) is 2. The third-order valence-corrected chi connectivity index (χ3v) is 4.09. The van der Waals surface area contributed by atoms with Gasteiger partial charge in [-0.3, -0.25) is 4.99 Å². The Kier molecular flexibility index (Phi) is 9.84. The molecule has 0 spiro atoms. The molecule has 2 heterocycles. The number of hydrogen-bond donors (Lipinski definition) is 1. The van der Waals surface area contributed by atoms with E-state index >= 15 is 0 Å². The Balaban J connectivity index is 0.00000242. The molecule has 0 aromatic rings. The van der Waals surface area contributed by atoms with Crippen LogP contribution in [0.15, 0.2) is 4.99 Å². The summed E-state index contributed by atoms with van der Waals surface area (Å²) in [6.07, 6.45) is 11.6. The number of nitrogens with one attached hydrogen (secondary N) is 1. The Hall–Kier alpha value is -0.520. The number of ether oxygens (including phenoxy) is 2. The normalized spacial score (nSPS) is 23.5. The van der Waals surface area contributed by atoms with Gasteiger partial charge in [0.25, 0.3) is 0 Å². The Morgan fingerprint density at radius 3 is 2.73 bits per heavy atom. The number of hydrogen-bond acceptors (Lipinski definition) is 3. The molecule has 22 heavy (non-hydrogen) atoms. The number of rotatable bonds is 4. The van der Waals surface area contributed by atoms with Gasteiger partial charge < -0.3 is 19.7 Å². The van der Waals surface area contributed by atoms with Gasteiger partial charge in [0, 0.05) is 26.7 Å². The average molecular weight is 421 g/mol. The van der Waals surface area contributed by atoms with Crippen molar-refractivity contribution >= 4 is 29.9 Å². The summed E-state index contributed by atoms with van der Waals surface area (Å²) < 4.78 is 11.7. The third-order valence-electron chi connectivity index (χ3n) is 4.09. The largest absolute Gasteiger partial charge is 0.376 e. The van der Waals surface area contributed by atoms with Crippen LogP contribution in [-0.2, 0) is 9.47 Å². The van der Waals surface area contributed by atoms with Gasteiger partial charge in [-0.05, 0) is 32.1 Å². The van der Waals surface area contributed by atoms with Crippen LogP contribution in [0.4, 0.5) is 0 Å². The van der Waals surface area contributed by atoms with Gasteiger partial charge in [0.05, 0.1) is 25.4 Å². The maximum Gasteiger partial charge on any atom is 0.194 e. The smallest absolute Gasteiger partial charge is 0.194 e. The van der Waals surface area contributed by atoms with Crippen molar-refractivity contribution in [3.63, 3.8) is 0 Å². The molecular formula is C16H28IN3O2. The Morgan fingerprint density at radius 1 is 1.36 bits per heavy atom. The van der Waals surface area contributed by atoms with E-state index in [-0.39, 0.29) is 24.0 Å². The van der Waals surface area contributed by atoms with E-state index in [4.69, 9.17) is 15.9 Å². The van der Waals surface area contributed by atoms with E-state index in [2.05, 4.69) is 21.1 Å². The highest BCUT2D eigenvalue weighted by Crippen LogP contribution is 2.17. The Morgan fingerprint density at radius 2 is 2.14 bits per heavy atom. The minimum absolute atomic E-state index is 0. The molecule has 0 aromatic carbocycles. The van der Waals surface area contributed by atoms with Crippen LogP contribution in [0.25, 0.3) is 0 Å². The molecule has 0 saturated carbocycles. The first-order chi connectivity index (χ1) is 10.3. The van der Waals surface area contributed by atoms with Crippen LogP contribution in [0.1, 0.15) is 32.1 Å². The molecule has 1 N–H and O–H groups in total. The molecule has 2 aliphatic heterocycles. The van der Waals surface area contributed by atoms with Gasteiger partial charge in [0.2, 0.25) is 0 Å². The Labute approximate surface area is 151 Å². The van der Waals surface area contributed by atoms with Crippen molar-refractivity contribution < 1.29 is 9.47 Å². The standard InChI is InChI=1S/C16H27N3O2.HI/c1-3-9-18-16(17-2)19-10-7-14(8-11-19)21-13-15-6-4-5-12-20-15;/h1,14-15H,4-13H2,2H3,(H,17,18);1H. The van der Waals surface area contributed by atoms with E-state index in [1.807, 2.05) is 0 Å².